The molecule has 0 radical (unpaired) electrons. The van der Waals surface area contributed by atoms with Gasteiger partial charge in [-0.2, -0.15) is 0 Å². The van der Waals surface area contributed by atoms with E-state index in [0.29, 0.717) is 19.4 Å². The third kappa shape index (κ3) is 5.05. The number of esters is 1. The zero-order valence-corrected chi connectivity index (χ0v) is 14.0. The molecule has 0 bridgehead atoms. The molecule has 0 atom stereocenters. The van der Waals surface area contributed by atoms with Gasteiger partial charge in [0.2, 0.25) is 5.91 Å². The average molecular weight is 354 g/mol. The summed E-state index contributed by atoms with van der Waals surface area (Å²) in [7, 11) is -3.38. The second-order valence-electron chi connectivity index (χ2n) is 5.43. The second-order valence-corrected chi connectivity index (χ2v) is 7.44. The second kappa shape index (κ2) is 7.43. The lowest BCUT2D eigenvalue weighted by atomic mass is 10.3. The van der Waals surface area contributed by atoms with Gasteiger partial charge in [0.05, 0.1) is 4.90 Å². The Morgan fingerprint density at radius 1 is 1.33 bits per heavy atom. The molecule has 0 aliphatic carbocycles. The molecule has 1 fully saturated rings. The molecule has 2 amide bonds. The van der Waals surface area contributed by atoms with Gasteiger partial charge in [-0.3, -0.25) is 14.4 Å². The minimum Gasteiger partial charge on any atom is -0.454 e. The van der Waals surface area contributed by atoms with Crippen LogP contribution in [0.3, 0.4) is 0 Å². The Bertz CT molecular complexity index is 759. The number of sulfone groups is 1. The highest BCUT2D eigenvalue weighted by Crippen LogP contribution is 2.15. The lowest BCUT2D eigenvalue weighted by Gasteiger charge is -2.14. The van der Waals surface area contributed by atoms with E-state index in [2.05, 4.69) is 5.32 Å². The fraction of sp³-hybridized carbons (Fsp3) is 0.400. The standard InChI is InChI=1S/C15H18N2O6S/c1-24(21,22)12-5-2-4-11(8-12)16-13(18)10-23-15(20)9-17-7-3-6-14(17)19/h2,4-5,8H,3,6-7,9-10H2,1H3,(H,16,18). The van der Waals surface area contributed by atoms with E-state index in [1.54, 1.807) is 0 Å². The van der Waals surface area contributed by atoms with Crippen molar-refractivity contribution in [3.05, 3.63) is 24.3 Å². The number of anilines is 1. The Hall–Kier alpha value is -2.42. The summed E-state index contributed by atoms with van der Waals surface area (Å²) in [5.74, 6) is -1.36. The Labute approximate surface area is 139 Å². The number of nitrogens with zero attached hydrogens (tertiary/aromatic N) is 1. The van der Waals surface area contributed by atoms with E-state index in [9.17, 15) is 22.8 Å². The fourth-order valence-corrected chi connectivity index (χ4v) is 2.89. The number of rotatable bonds is 6. The van der Waals surface area contributed by atoms with E-state index >= 15 is 0 Å². The van der Waals surface area contributed by atoms with Crippen molar-refractivity contribution >= 4 is 33.3 Å². The van der Waals surface area contributed by atoms with E-state index in [0.717, 1.165) is 6.26 Å². The van der Waals surface area contributed by atoms with Crippen molar-refractivity contribution in [2.45, 2.75) is 17.7 Å². The summed E-state index contributed by atoms with van der Waals surface area (Å²) in [6.45, 7) is -0.169. The minimum atomic E-state index is -3.38. The Morgan fingerprint density at radius 2 is 2.08 bits per heavy atom. The molecule has 8 nitrogen and oxygen atoms in total. The molecule has 130 valence electrons. The van der Waals surface area contributed by atoms with Crippen LogP contribution >= 0.6 is 0 Å². The predicted molar refractivity (Wildman–Crippen MR) is 85.0 cm³/mol. The molecule has 0 saturated carbocycles. The first-order chi connectivity index (χ1) is 11.3. The van der Waals surface area contributed by atoms with Gasteiger partial charge in [-0.1, -0.05) is 6.07 Å². The summed E-state index contributed by atoms with van der Waals surface area (Å²) >= 11 is 0. The number of carbonyl (C=O) groups excluding carboxylic acids is 3. The van der Waals surface area contributed by atoms with Crippen molar-refractivity contribution in [2.24, 2.45) is 0 Å². The smallest absolute Gasteiger partial charge is 0.326 e. The summed E-state index contributed by atoms with van der Waals surface area (Å²) in [6, 6.07) is 5.75. The van der Waals surface area contributed by atoms with Crippen LogP contribution in [0.1, 0.15) is 12.8 Å². The van der Waals surface area contributed by atoms with Gasteiger partial charge in [-0.15, -0.1) is 0 Å². The Balaban J connectivity index is 1.83. The van der Waals surface area contributed by atoms with Crippen LogP contribution in [0.2, 0.25) is 0 Å². The summed E-state index contributed by atoms with van der Waals surface area (Å²) in [4.78, 5) is 36.2. The molecule has 0 unspecified atom stereocenters. The van der Waals surface area contributed by atoms with Crippen molar-refractivity contribution < 1.29 is 27.5 Å². The first-order valence-corrected chi connectivity index (χ1v) is 9.18. The minimum absolute atomic E-state index is 0.0739. The molecule has 0 spiro atoms. The largest absolute Gasteiger partial charge is 0.454 e. The molecule has 1 aromatic carbocycles. The van der Waals surface area contributed by atoms with Crippen LogP contribution in [-0.2, 0) is 29.0 Å². The molecule has 1 aliphatic rings. The molecule has 1 aromatic rings. The molecule has 24 heavy (non-hydrogen) atoms. The maximum absolute atomic E-state index is 11.8. The molecule has 1 saturated heterocycles. The summed E-state index contributed by atoms with van der Waals surface area (Å²) < 4.78 is 27.7. The lowest BCUT2D eigenvalue weighted by molar-refractivity contribution is -0.150. The van der Waals surface area contributed by atoms with E-state index < -0.39 is 28.3 Å². The van der Waals surface area contributed by atoms with E-state index in [-0.39, 0.29) is 23.0 Å². The number of carbonyl (C=O) groups is 3. The number of likely N-dealkylation sites (tertiary alicyclic amines) is 1. The maximum atomic E-state index is 11.8. The van der Waals surface area contributed by atoms with Crippen LogP contribution in [0.5, 0.6) is 0 Å². The molecular formula is C15H18N2O6S. The van der Waals surface area contributed by atoms with Gasteiger partial charge in [0.25, 0.3) is 5.91 Å². The van der Waals surface area contributed by atoms with Crippen LogP contribution in [0.25, 0.3) is 0 Å². The van der Waals surface area contributed by atoms with Crippen LogP contribution in [0, 0.1) is 0 Å². The van der Waals surface area contributed by atoms with Crippen LogP contribution in [0.4, 0.5) is 5.69 Å². The van der Waals surface area contributed by atoms with Gasteiger partial charge < -0.3 is 15.0 Å². The number of nitrogens with one attached hydrogen (secondary N) is 1. The van der Waals surface area contributed by atoms with Crippen molar-refractivity contribution in [1.82, 2.24) is 4.90 Å². The van der Waals surface area contributed by atoms with Gasteiger partial charge in [0, 0.05) is 24.9 Å². The van der Waals surface area contributed by atoms with E-state index in [1.807, 2.05) is 0 Å². The van der Waals surface area contributed by atoms with Crippen molar-refractivity contribution in [1.29, 1.82) is 0 Å². The quantitative estimate of drug-likeness (QED) is 0.731. The van der Waals surface area contributed by atoms with Crippen LogP contribution < -0.4 is 5.32 Å². The molecular weight excluding hydrogens is 336 g/mol. The summed E-state index contributed by atoms with van der Waals surface area (Å²) in [6.07, 6.45) is 2.20. The van der Waals surface area contributed by atoms with Crippen LogP contribution in [-0.4, -0.2) is 57.1 Å². The van der Waals surface area contributed by atoms with Gasteiger partial charge in [-0.05, 0) is 24.6 Å². The van der Waals surface area contributed by atoms with Crippen LogP contribution in [0.15, 0.2) is 29.2 Å². The highest BCUT2D eigenvalue weighted by atomic mass is 32.2. The van der Waals surface area contributed by atoms with Crippen molar-refractivity contribution in [3.8, 4) is 0 Å². The third-order valence-corrected chi connectivity index (χ3v) is 4.51. The molecule has 0 aromatic heterocycles. The van der Waals surface area contributed by atoms with Gasteiger partial charge in [0.15, 0.2) is 16.4 Å². The summed E-state index contributed by atoms with van der Waals surface area (Å²) in [5.41, 5.74) is 0.286. The number of amides is 2. The molecule has 1 aliphatic heterocycles. The molecule has 1 N–H and O–H groups in total. The topological polar surface area (TPSA) is 110 Å². The highest BCUT2D eigenvalue weighted by molar-refractivity contribution is 7.90. The first-order valence-electron chi connectivity index (χ1n) is 7.29. The number of ether oxygens (including phenoxy) is 1. The molecule has 2 rings (SSSR count). The number of hydrogen-bond donors (Lipinski definition) is 1. The maximum Gasteiger partial charge on any atom is 0.326 e. The number of hydrogen-bond acceptors (Lipinski definition) is 6. The average Bonchev–Trinajstić information content (AvgIpc) is 2.90. The lowest BCUT2D eigenvalue weighted by Crippen LogP contribution is -2.33. The SMILES string of the molecule is CS(=O)(=O)c1cccc(NC(=O)COC(=O)CN2CCCC2=O)c1. The van der Waals surface area contributed by atoms with E-state index in [4.69, 9.17) is 4.74 Å². The Morgan fingerprint density at radius 3 is 2.71 bits per heavy atom. The zero-order chi connectivity index (χ0) is 17.7. The van der Waals surface area contributed by atoms with Crippen molar-refractivity contribution in [3.63, 3.8) is 0 Å². The van der Waals surface area contributed by atoms with E-state index in [1.165, 1.54) is 29.2 Å². The van der Waals surface area contributed by atoms with Crippen molar-refractivity contribution in [2.75, 3.05) is 31.3 Å². The monoisotopic (exact) mass is 354 g/mol. The van der Waals surface area contributed by atoms with Gasteiger partial charge in [-0.25, -0.2) is 8.42 Å². The normalized spacial score (nSPS) is 14.5. The van der Waals surface area contributed by atoms with Gasteiger partial charge >= 0.3 is 5.97 Å². The zero-order valence-electron chi connectivity index (χ0n) is 13.1. The fourth-order valence-electron chi connectivity index (χ4n) is 2.22. The molecule has 9 heteroatoms. The first kappa shape index (κ1) is 17.9. The summed E-state index contributed by atoms with van der Waals surface area (Å²) in [5, 5.41) is 2.45. The molecule has 1 heterocycles. The Kier molecular flexibility index (Phi) is 5.55. The van der Waals surface area contributed by atoms with Gasteiger partial charge in [0.1, 0.15) is 6.54 Å². The number of benzene rings is 1. The predicted octanol–water partition coefficient (Wildman–Crippen LogP) is 0.194. The third-order valence-electron chi connectivity index (χ3n) is 3.40. The highest BCUT2D eigenvalue weighted by Gasteiger charge is 2.23.